The maximum atomic E-state index is 14.9. The molecule has 1 aliphatic rings. The van der Waals surface area contributed by atoms with Gasteiger partial charge in [-0.15, -0.1) is 0 Å². The smallest absolute Gasteiger partial charge is 0.151 e. The second-order valence-corrected chi connectivity index (χ2v) is 9.43. The molecule has 8 nitrogen and oxygen atoms in total. The number of anilines is 2. The molecule has 1 N–H and O–H groups in total. The molecule has 0 aliphatic carbocycles. The third-order valence-corrected chi connectivity index (χ3v) is 6.63. The van der Waals surface area contributed by atoms with Crippen LogP contribution < -0.4 is 5.32 Å². The molecule has 0 amide bonds. The molecule has 1 fully saturated rings. The number of imidazole rings is 1. The predicted molar refractivity (Wildman–Crippen MR) is 140 cm³/mol. The summed E-state index contributed by atoms with van der Waals surface area (Å²) in [5, 5.41) is 3.23. The van der Waals surface area contributed by atoms with Gasteiger partial charge in [-0.2, -0.15) is 0 Å². The first kappa shape index (κ1) is 24.0. The Morgan fingerprint density at radius 1 is 1.06 bits per heavy atom. The zero-order valence-corrected chi connectivity index (χ0v) is 21.2. The van der Waals surface area contributed by atoms with Crippen molar-refractivity contribution < 1.29 is 4.39 Å². The average Bonchev–Trinajstić information content (AvgIpc) is 3.22. The number of rotatable bonds is 6. The van der Waals surface area contributed by atoms with Crippen LogP contribution in [0.3, 0.4) is 0 Å². The molecule has 1 saturated heterocycles. The van der Waals surface area contributed by atoms with Crippen LogP contribution in [0.2, 0.25) is 0 Å². The number of hydrogen-bond donors (Lipinski definition) is 1. The molecule has 0 spiro atoms. The largest absolute Gasteiger partial charge is 0.338 e. The SMILES string of the molecule is CCN1CCC(=Cc2ncc(Nc3cc(-c4cc(F)c5nc(C)n(C(C)C)c5c4)ncn3)cn2)CC1. The molecule has 1 aromatic carbocycles. The number of likely N-dealkylation sites (tertiary alicyclic amines) is 1. The molecule has 3 aromatic heterocycles. The van der Waals surface area contributed by atoms with Crippen LogP contribution in [-0.2, 0) is 0 Å². The summed E-state index contributed by atoms with van der Waals surface area (Å²) in [6.45, 7) is 11.5. The van der Waals surface area contributed by atoms with Crippen LogP contribution in [-0.4, -0.2) is 54.0 Å². The Morgan fingerprint density at radius 2 is 1.81 bits per heavy atom. The molecule has 1 aliphatic heterocycles. The Morgan fingerprint density at radius 3 is 2.50 bits per heavy atom. The van der Waals surface area contributed by atoms with E-state index in [1.165, 1.54) is 18.0 Å². The van der Waals surface area contributed by atoms with Crippen LogP contribution in [0, 0.1) is 12.7 Å². The number of aryl methyl sites for hydroxylation is 1. The van der Waals surface area contributed by atoms with Crippen molar-refractivity contribution in [2.45, 2.75) is 46.6 Å². The average molecular weight is 487 g/mol. The van der Waals surface area contributed by atoms with Crippen molar-refractivity contribution in [3.8, 4) is 11.3 Å². The number of nitrogens with zero attached hydrogens (tertiary/aromatic N) is 7. The van der Waals surface area contributed by atoms with Gasteiger partial charge in [0.05, 0.1) is 29.3 Å². The number of benzene rings is 1. The predicted octanol–water partition coefficient (Wildman–Crippen LogP) is 5.55. The Labute approximate surface area is 210 Å². The summed E-state index contributed by atoms with van der Waals surface area (Å²) < 4.78 is 17.0. The van der Waals surface area contributed by atoms with Crippen LogP contribution in [0.15, 0.2) is 42.5 Å². The second kappa shape index (κ2) is 10.1. The Kier molecular flexibility index (Phi) is 6.73. The molecule has 0 bridgehead atoms. The lowest BCUT2D eigenvalue weighted by molar-refractivity contribution is 0.270. The van der Waals surface area contributed by atoms with E-state index in [2.05, 4.69) is 62.0 Å². The van der Waals surface area contributed by atoms with E-state index in [4.69, 9.17) is 0 Å². The molecular formula is C27H31FN8. The summed E-state index contributed by atoms with van der Waals surface area (Å²) in [5.74, 6) is 1.71. The molecule has 36 heavy (non-hydrogen) atoms. The third kappa shape index (κ3) is 4.97. The van der Waals surface area contributed by atoms with Crippen molar-refractivity contribution >= 4 is 28.6 Å². The fourth-order valence-corrected chi connectivity index (χ4v) is 4.76. The summed E-state index contributed by atoms with van der Waals surface area (Å²) in [6, 6.07) is 5.36. The van der Waals surface area contributed by atoms with Gasteiger partial charge in [-0.3, -0.25) is 0 Å². The molecule has 9 heteroatoms. The molecule has 0 saturated carbocycles. The molecule has 4 heterocycles. The van der Waals surface area contributed by atoms with Crippen LogP contribution in [0.25, 0.3) is 28.4 Å². The highest BCUT2D eigenvalue weighted by Crippen LogP contribution is 2.29. The van der Waals surface area contributed by atoms with Crippen molar-refractivity contribution in [1.29, 1.82) is 0 Å². The molecule has 0 atom stereocenters. The first-order valence-corrected chi connectivity index (χ1v) is 12.4. The van der Waals surface area contributed by atoms with Gasteiger partial charge in [0.1, 0.15) is 23.5 Å². The standard InChI is InChI=1S/C27H31FN8/c1-5-35-8-6-19(7-9-35)10-25-29-14-21(15-30-25)34-26-13-23(31-16-32-26)20-11-22(28)27-24(12-20)36(17(2)3)18(4)33-27/h10-17H,5-9H2,1-4H3,(H,31,32,34). The van der Waals surface area contributed by atoms with Gasteiger partial charge in [0.25, 0.3) is 0 Å². The second-order valence-electron chi connectivity index (χ2n) is 9.43. The number of nitrogens with one attached hydrogen (secondary N) is 1. The van der Waals surface area contributed by atoms with Gasteiger partial charge >= 0.3 is 0 Å². The highest BCUT2D eigenvalue weighted by molar-refractivity contribution is 5.83. The minimum atomic E-state index is -0.364. The first-order valence-electron chi connectivity index (χ1n) is 12.4. The highest BCUT2D eigenvalue weighted by Gasteiger charge is 2.16. The molecule has 0 radical (unpaired) electrons. The van der Waals surface area contributed by atoms with Crippen molar-refractivity contribution in [2.75, 3.05) is 25.0 Å². The van der Waals surface area contributed by atoms with Crippen LogP contribution >= 0.6 is 0 Å². The van der Waals surface area contributed by atoms with Crippen molar-refractivity contribution in [3.63, 3.8) is 0 Å². The summed E-state index contributed by atoms with van der Waals surface area (Å²) in [7, 11) is 0. The van der Waals surface area contributed by atoms with E-state index in [9.17, 15) is 4.39 Å². The van der Waals surface area contributed by atoms with E-state index in [1.807, 2.05) is 17.6 Å². The van der Waals surface area contributed by atoms with Gasteiger partial charge in [0.15, 0.2) is 11.6 Å². The Balaban J connectivity index is 1.35. The van der Waals surface area contributed by atoms with Crippen LogP contribution in [0.4, 0.5) is 15.9 Å². The lowest BCUT2D eigenvalue weighted by Gasteiger charge is -2.26. The zero-order valence-electron chi connectivity index (χ0n) is 21.2. The third-order valence-electron chi connectivity index (χ3n) is 6.63. The fraction of sp³-hybridized carbons (Fsp3) is 0.370. The maximum Gasteiger partial charge on any atom is 0.151 e. The topological polar surface area (TPSA) is 84.7 Å². The van der Waals surface area contributed by atoms with Crippen molar-refractivity contribution in [1.82, 2.24) is 34.4 Å². The zero-order chi connectivity index (χ0) is 25.2. The number of hydrogen-bond acceptors (Lipinski definition) is 7. The Hall–Kier alpha value is -3.72. The van der Waals surface area contributed by atoms with E-state index >= 15 is 0 Å². The lowest BCUT2D eigenvalue weighted by Crippen LogP contribution is -2.30. The minimum absolute atomic E-state index is 0.162. The summed E-state index contributed by atoms with van der Waals surface area (Å²) in [5.41, 5.74) is 4.52. The summed E-state index contributed by atoms with van der Waals surface area (Å²) in [6.07, 6.45) is 9.17. The van der Waals surface area contributed by atoms with E-state index in [0.29, 0.717) is 28.4 Å². The van der Waals surface area contributed by atoms with Crippen LogP contribution in [0.1, 0.15) is 51.3 Å². The van der Waals surface area contributed by atoms with Gasteiger partial charge in [0.2, 0.25) is 0 Å². The fourth-order valence-electron chi connectivity index (χ4n) is 4.76. The quantitative estimate of drug-likeness (QED) is 0.382. The van der Waals surface area contributed by atoms with Gasteiger partial charge in [0, 0.05) is 30.8 Å². The monoisotopic (exact) mass is 486 g/mol. The van der Waals surface area contributed by atoms with E-state index < -0.39 is 0 Å². The summed E-state index contributed by atoms with van der Waals surface area (Å²) >= 11 is 0. The van der Waals surface area contributed by atoms with E-state index in [0.717, 1.165) is 49.5 Å². The Bertz CT molecular complexity index is 1400. The highest BCUT2D eigenvalue weighted by atomic mass is 19.1. The van der Waals surface area contributed by atoms with E-state index in [1.54, 1.807) is 18.5 Å². The van der Waals surface area contributed by atoms with Gasteiger partial charge < -0.3 is 14.8 Å². The molecule has 5 rings (SSSR count). The van der Waals surface area contributed by atoms with Gasteiger partial charge in [-0.25, -0.2) is 29.3 Å². The number of halogens is 1. The van der Waals surface area contributed by atoms with Gasteiger partial charge in [-0.1, -0.05) is 12.5 Å². The summed E-state index contributed by atoms with van der Waals surface area (Å²) in [4.78, 5) is 24.6. The molecule has 186 valence electrons. The number of fused-ring (bicyclic) bond motifs is 1. The minimum Gasteiger partial charge on any atom is -0.338 e. The van der Waals surface area contributed by atoms with E-state index in [-0.39, 0.29) is 11.9 Å². The number of aromatic nitrogens is 6. The molecule has 4 aromatic rings. The normalized spacial score (nSPS) is 14.6. The lowest BCUT2D eigenvalue weighted by atomic mass is 10.0. The van der Waals surface area contributed by atoms with Gasteiger partial charge in [-0.05, 0) is 58.4 Å². The molecule has 0 unspecified atom stereocenters. The maximum absolute atomic E-state index is 14.9. The van der Waals surface area contributed by atoms with Crippen molar-refractivity contribution in [3.05, 3.63) is 60.0 Å². The van der Waals surface area contributed by atoms with Crippen LogP contribution in [0.5, 0.6) is 0 Å². The first-order chi connectivity index (χ1) is 17.4. The van der Waals surface area contributed by atoms with Crippen molar-refractivity contribution in [2.24, 2.45) is 0 Å². The molecular weight excluding hydrogens is 455 g/mol. The number of piperidine rings is 1.